The molecule has 23 heavy (non-hydrogen) atoms. The van der Waals surface area contributed by atoms with E-state index < -0.39 is 0 Å². The average Bonchev–Trinajstić information content (AvgIpc) is 2.98. The van der Waals surface area contributed by atoms with Gasteiger partial charge in [0.1, 0.15) is 5.82 Å². The van der Waals surface area contributed by atoms with Crippen LogP contribution < -0.4 is 0 Å². The molecule has 3 rings (SSSR count). The fraction of sp³-hybridized carbons (Fsp3) is 0.278. The highest BCUT2D eigenvalue weighted by Gasteiger charge is 2.29. The maximum Gasteiger partial charge on any atom is 0.123 e. The van der Waals surface area contributed by atoms with Gasteiger partial charge < -0.3 is 0 Å². The van der Waals surface area contributed by atoms with Gasteiger partial charge in [0.15, 0.2) is 0 Å². The van der Waals surface area contributed by atoms with Crippen molar-refractivity contribution in [3.8, 4) is 11.3 Å². The molecular weight excluding hydrogens is 291 g/mol. The first-order valence-electron chi connectivity index (χ1n) is 7.51. The summed E-state index contributed by atoms with van der Waals surface area (Å²) in [6.07, 6.45) is 8.76. The summed E-state index contributed by atoms with van der Waals surface area (Å²) >= 11 is 0. The Morgan fingerprint density at radius 3 is 2.39 bits per heavy atom. The molecular formula is C18H19FN4. The Bertz CT molecular complexity index is 773. The van der Waals surface area contributed by atoms with Crippen molar-refractivity contribution in [2.45, 2.75) is 26.8 Å². The van der Waals surface area contributed by atoms with Crippen molar-refractivity contribution in [3.05, 3.63) is 66.6 Å². The first-order chi connectivity index (χ1) is 10.9. The minimum Gasteiger partial charge on any atom is -0.264 e. The molecule has 0 radical (unpaired) electrons. The maximum absolute atomic E-state index is 13.2. The Morgan fingerprint density at radius 1 is 1.04 bits per heavy atom. The molecule has 0 amide bonds. The summed E-state index contributed by atoms with van der Waals surface area (Å²) in [4.78, 5) is 8.39. The van der Waals surface area contributed by atoms with Crippen molar-refractivity contribution in [2.75, 3.05) is 0 Å². The lowest BCUT2D eigenvalue weighted by atomic mass is 9.82. The SMILES string of the molecule is CC(C)(C)C(c1ccc(F)cc1)n1cc(-c2cnccn2)cn1. The zero-order valence-electron chi connectivity index (χ0n) is 13.4. The predicted molar refractivity (Wildman–Crippen MR) is 87.2 cm³/mol. The first-order valence-corrected chi connectivity index (χ1v) is 7.51. The van der Waals surface area contributed by atoms with E-state index >= 15 is 0 Å². The number of benzene rings is 1. The zero-order valence-corrected chi connectivity index (χ0v) is 13.4. The number of halogens is 1. The van der Waals surface area contributed by atoms with Crippen LogP contribution in [0.25, 0.3) is 11.3 Å². The molecule has 3 aromatic rings. The van der Waals surface area contributed by atoms with Gasteiger partial charge in [0.05, 0.1) is 24.1 Å². The van der Waals surface area contributed by atoms with Crippen LogP contribution in [-0.4, -0.2) is 19.7 Å². The van der Waals surface area contributed by atoms with E-state index in [1.807, 2.05) is 23.0 Å². The number of hydrogen-bond acceptors (Lipinski definition) is 3. The Kier molecular flexibility index (Phi) is 3.94. The van der Waals surface area contributed by atoms with Crippen LogP contribution in [0.5, 0.6) is 0 Å². The average molecular weight is 310 g/mol. The second-order valence-corrected chi connectivity index (χ2v) is 6.62. The summed E-state index contributed by atoms with van der Waals surface area (Å²) in [5.74, 6) is -0.234. The van der Waals surface area contributed by atoms with Gasteiger partial charge in [-0.25, -0.2) is 4.39 Å². The van der Waals surface area contributed by atoms with Gasteiger partial charge in [0.25, 0.3) is 0 Å². The molecule has 0 bridgehead atoms. The monoisotopic (exact) mass is 310 g/mol. The molecule has 2 aromatic heterocycles. The normalized spacial score (nSPS) is 13.0. The molecule has 1 unspecified atom stereocenters. The highest BCUT2D eigenvalue weighted by atomic mass is 19.1. The third kappa shape index (κ3) is 3.28. The van der Waals surface area contributed by atoms with Gasteiger partial charge in [-0.1, -0.05) is 32.9 Å². The number of rotatable bonds is 3. The molecule has 0 aliphatic rings. The van der Waals surface area contributed by atoms with E-state index in [1.165, 1.54) is 12.1 Å². The van der Waals surface area contributed by atoms with Crippen molar-refractivity contribution < 1.29 is 4.39 Å². The Morgan fingerprint density at radius 2 is 1.78 bits per heavy atom. The van der Waals surface area contributed by atoms with Crippen LogP contribution in [0.15, 0.2) is 55.2 Å². The lowest BCUT2D eigenvalue weighted by Gasteiger charge is -2.31. The molecule has 0 spiro atoms. The summed E-state index contributed by atoms with van der Waals surface area (Å²) in [6, 6.07) is 6.60. The number of hydrogen-bond donors (Lipinski definition) is 0. The van der Waals surface area contributed by atoms with Crippen LogP contribution in [0.2, 0.25) is 0 Å². The van der Waals surface area contributed by atoms with Crippen molar-refractivity contribution in [1.29, 1.82) is 0 Å². The molecule has 0 N–H and O–H groups in total. The van der Waals surface area contributed by atoms with Gasteiger partial charge in [-0.15, -0.1) is 0 Å². The van der Waals surface area contributed by atoms with Crippen LogP contribution in [0.4, 0.5) is 4.39 Å². The largest absolute Gasteiger partial charge is 0.264 e. The Balaban J connectivity index is 2.02. The quantitative estimate of drug-likeness (QED) is 0.731. The summed E-state index contributed by atoms with van der Waals surface area (Å²) in [7, 11) is 0. The molecule has 0 saturated heterocycles. The van der Waals surface area contributed by atoms with Gasteiger partial charge in [-0.3, -0.25) is 14.6 Å². The molecule has 5 heteroatoms. The topological polar surface area (TPSA) is 43.6 Å². The Labute approximate surface area is 135 Å². The molecule has 0 fully saturated rings. The minimum absolute atomic E-state index is 0.00600. The lowest BCUT2D eigenvalue weighted by Crippen LogP contribution is -2.26. The summed E-state index contributed by atoms with van der Waals surface area (Å²) < 4.78 is 15.2. The summed E-state index contributed by atoms with van der Waals surface area (Å²) in [5, 5.41) is 4.51. The predicted octanol–water partition coefficient (Wildman–Crippen LogP) is 4.11. The third-order valence-electron chi connectivity index (χ3n) is 3.73. The molecule has 4 nitrogen and oxygen atoms in total. The van der Waals surface area contributed by atoms with Crippen LogP contribution >= 0.6 is 0 Å². The lowest BCUT2D eigenvalue weighted by molar-refractivity contribution is 0.265. The molecule has 0 aliphatic carbocycles. The van der Waals surface area contributed by atoms with E-state index in [4.69, 9.17) is 0 Å². The van der Waals surface area contributed by atoms with E-state index in [0.29, 0.717) is 0 Å². The first kappa shape index (κ1) is 15.3. The molecule has 2 heterocycles. The fourth-order valence-electron chi connectivity index (χ4n) is 2.75. The van der Waals surface area contributed by atoms with Gasteiger partial charge in [0, 0.05) is 24.2 Å². The minimum atomic E-state index is -0.234. The van der Waals surface area contributed by atoms with Gasteiger partial charge in [-0.2, -0.15) is 5.10 Å². The van der Waals surface area contributed by atoms with Gasteiger partial charge in [-0.05, 0) is 23.1 Å². The second-order valence-electron chi connectivity index (χ2n) is 6.62. The second kappa shape index (κ2) is 5.91. The Hall–Kier alpha value is -2.56. The van der Waals surface area contributed by atoms with Crippen molar-refractivity contribution >= 4 is 0 Å². The van der Waals surface area contributed by atoms with Crippen LogP contribution in [0, 0.1) is 11.2 Å². The van der Waals surface area contributed by atoms with E-state index in [9.17, 15) is 4.39 Å². The highest BCUT2D eigenvalue weighted by molar-refractivity contribution is 5.55. The van der Waals surface area contributed by atoms with E-state index in [-0.39, 0.29) is 17.3 Å². The van der Waals surface area contributed by atoms with E-state index in [0.717, 1.165) is 16.8 Å². The molecule has 0 aliphatic heterocycles. The maximum atomic E-state index is 13.2. The standard InChI is InChI=1S/C18H19FN4/c1-18(2,3)17(13-4-6-15(19)7-5-13)23-12-14(10-22-23)16-11-20-8-9-21-16/h4-12,17H,1-3H3. The molecule has 0 saturated carbocycles. The summed E-state index contributed by atoms with van der Waals surface area (Å²) in [5.41, 5.74) is 2.64. The van der Waals surface area contributed by atoms with Crippen LogP contribution in [0.3, 0.4) is 0 Å². The van der Waals surface area contributed by atoms with Gasteiger partial charge in [0.2, 0.25) is 0 Å². The van der Waals surface area contributed by atoms with Crippen molar-refractivity contribution in [3.63, 3.8) is 0 Å². The smallest absolute Gasteiger partial charge is 0.123 e. The van der Waals surface area contributed by atoms with Crippen LogP contribution in [-0.2, 0) is 0 Å². The van der Waals surface area contributed by atoms with Crippen molar-refractivity contribution in [2.24, 2.45) is 5.41 Å². The number of aromatic nitrogens is 4. The van der Waals surface area contributed by atoms with E-state index in [1.54, 1.807) is 24.8 Å². The fourth-order valence-corrected chi connectivity index (χ4v) is 2.75. The summed E-state index contributed by atoms with van der Waals surface area (Å²) in [6.45, 7) is 6.43. The molecule has 1 aromatic carbocycles. The van der Waals surface area contributed by atoms with Crippen molar-refractivity contribution in [1.82, 2.24) is 19.7 Å². The highest BCUT2D eigenvalue weighted by Crippen LogP contribution is 2.36. The zero-order chi connectivity index (χ0) is 16.4. The van der Waals surface area contributed by atoms with E-state index in [2.05, 4.69) is 35.8 Å². The van der Waals surface area contributed by atoms with Crippen LogP contribution in [0.1, 0.15) is 32.4 Å². The molecule has 118 valence electrons. The molecule has 1 atom stereocenters. The number of nitrogens with zero attached hydrogens (tertiary/aromatic N) is 4. The third-order valence-corrected chi connectivity index (χ3v) is 3.73. The van der Waals surface area contributed by atoms with Gasteiger partial charge >= 0.3 is 0 Å².